The molecular formula is C17H24N6. The van der Waals surface area contributed by atoms with Crippen LogP contribution in [0.2, 0.25) is 0 Å². The number of aryl methyl sites for hydroxylation is 2. The highest BCUT2D eigenvalue weighted by atomic mass is 15.3. The quantitative estimate of drug-likeness (QED) is 0.856. The molecule has 3 heterocycles. The summed E-state index contributed by atoms with van der Waals surface area (Å²) in [7, 11) is 0. The van der Waals surface area contributed by atoms with E-state index in [0.717, 1.165) is 52.1 Å². The number of anilines is 1. The molecule has 2 aromatic heterocycles. The third-order valence-corrected chi connectivity index (χ3v) is 4.94. The van der Waals surface area contributed by atoms with Crippen LogP contribution in [0.25, 0.3) is 0 Å². The van der Waals surface area contributed by atoms with E-state index < -0.39 is 0 Å². The van der Waals surface area contributed by atoms with Gasteiger partial charge in [-0.2, -0.15) is 5.10 Å². The minimum atomic E-state index is 0.937. The fourth-order valence-corrected chi connectivity index (χ4v) is 3.65. The van der Waals surface area contributed by atoms with Gasteiger partial charge < -0.3 is 4.90 Å². The molecular weight excluding hydrogens is 288 g/mol. The molecule has 0 bridgehead atoms. The third kappa shape index (κ3) is 2.95. The number of piperazine rings is 1. The van der Waals surface area contributed by atoms with Crippen LogP contribution in [-0.2, 0) is 25.9 Å². The Labute approximate surface area is 137 Å². The second-order valence-electron chi connectivity index (χ2n) is 6.44. The van der Waals surface area contributed by atoms with E-state index in [0.29, 0.717) is 0 Å². The maximum atomic E-state index is 4.58. The fourth-order valence-electron chi connectivity index (χ4n) is 3.65. The monoisotopic (exact) mass is 312 g/mol. The van der Waals surface area contributed by atoms with E-state index in [2.05, 4.69) is 38.0 Å². The molecule has 0 N–H and O–H groups in total. The predicted molar refractivity (Wildman–Crippen MR) is 89.4 cm³/mol. The minimum absolute atomic E-state index is 0.937. The maximum absolute atomic E-state index is 4.58. The van der Waals surface area contributed by atoms with Crippen LogP contribution in [0.1, 0.15) is 30.2 Å². The van der Waals surface area contributed by atoms with Gasteiger partial charge in [0.1, 0.15) is 12.1 Å². The largest absolute Gasteiger partial charge is 0.354 e. The predicted octanol–water partition coefficient (Wildman–Crippen LogP) is 1.50. The molecule has 1 saturated heterocycles. The van der Waals surface area contributed by atoms with Gasteiger partial charge in [0.25, 0.3) is 0 Å². The highest BCUT2D eigenvalue weighted by Gasteiger charge is 2.24. The van der Waals surface area contributed by atoms with Crippen LogP contribution in [0.3, 0.4) is 0 Å². The molecule has 1 aliphatic heterocycles. The van der Waals surface area contributed by atoms with Crippen LogP contribution in [0.15, 0.2) is 18.7 Å². The molecule has 0 unspecified atom stereocenters. The summed E-state index contributed by atoms with van der Waals surface area (Å²) in [6.45, 7) is 8.31. The molecule has 0 atom stereocenters. The van der Waals surface area contributed by atoms with Gasteiger partial charge in [0.15, 0.2) is 0 Å². The van der Waals surface area contributed by atoms with E-state index >= 15 is 0 Å². The molecule has 6 nitrogen and oxygen atoms in total. The van der Waals surface area contributed by atoms with Gasteiger partial charge in [0.05, 0.1) is 6.20 Å². The Balaban J connectivity index is 1.38. The van der Waals surface area contributed by atoms with Gasteiger partial charge in [0.2, 0.25) is 0 Å². The molecule has 23 heavy (non-hydrogen) atoms. The first-order valence-electron chi connectivity index (χ1n) is 8.65. The lowest BCUT2D eigenvalue weighted by Gasteiger charge is -2.35. The van der Waals surface area contributed by atoms with Crippen molar-refractivity contribution in [1.29, 1.82) is 0 Å². The van der Waals surface area contributed by atoms with Gasteiger partial charge in [0, 0.05) is 62.3 Å². The van der Waals surface area contributed by atoms with E-state index in [1.165, 1.54) is 29.1 Å². The number of fused-ring (bicyclic) bond motifs is 1. The molecule has 1 aliphatic carbocycles. The van der Waals surface area contributed by atoms with Crippen LogP contribution in [-0.4, -0.2) is 50.8 Å². The molecule has 4 rings (SSSR count). The highest BCUT2D eigenvalue weighted by molar-refractivity contribution is 5.50. The normalized spacial score (nSPS) is 18.4. The van der Waals surface area contributed by atoms with Crippen LogP contribution in [0.4, 0.5) is 5.82 Å². The minimum Gasteiger partial charge on any atom is -0.354 e. The lowest BCUT2D eigenvalue weighted by molar-refractivity contribution is 0.249. The van der Waals surface area contributed by atoms with Gasteiger partial charge in [-0.05, 0) is 26.2 Å². The first-order chi connectivity index (χ1) is 11.3. The second kappa shape index (κ2) is 6.28. The molecule has 6 heteroatoms. The van der Waals surface area contributed by atoms with Crippen molar-refractivity contribution in [2.24, 2.45) is 0 Å². The standard InChI is InChI=1S/C17H24N6/c1-2-23-12-14(10-20-23)11-21-6-8-22(9-7-21)17-15-4-3-5-16(15)18-13-19-17/h10,12-13H,2-9,11H2,1H3. The zero-order valence-corrected chi connectivity index (χ0v) is 13.8. The average Bonchev–Trinajstić information content (AvgIpc) is 3.24. The molecule has 1 fully saturated rings. The number of aromatic nitrogens is 4. The molecule has 2 aliphatic rings. The Kier molecular flexibility index (Phi) is 3.99. The first-order valence-corrected chi connectivity index (χ1v) is 8.65. The van der Waals surface area contributed by atoms with Gasteiger partial charge >= 0.3 is 0 Å². The Hall–Kier alpha value is -1.95. The SMILES string of the molecule is CCn1cc(CN2CCN(c3ncnc4c3CCC4)CC2)cn1. The second-order valence-corrected chi connectivity index (χ2v) is 6.44. The zero-order chi connectivity index (χ0) is 15.6. The van der Waals surface area contributed by atoms with Crippen molar-refractivity contribution < 1.29 is 0 Å². The van der Waals surface area contributed by atoms with E-state index in [9.17, 15) is 0 Å². The summed E-state index contributed by atoms with van der Waals surface area (Å²) in [6.07, 6.45) is 9.37. The Morgan fingerprint density at radius 3 is 2.74 bits per heavy atom. The molecule has 0 aromatic carbocycles. The fraction of sp³-hybridized carbons (Fsp3) is 0.588. The molecule has 0 saturated carbocycles. The van der Waals surface area contributed by atoms with Gasteiger partial charge in [-0.15, -0.1) is 0 Å². The summed E-state index contributed by atoms with van der Waals surface area (Å²) < 4.78 is 2.00. The Morgan fingerprint density at radius 2 is 1.96 bits per heavy atom. The van der Waals surface area contributed by atoms with E-state index in [1.54, 1.807) is 6.33 Å². The highest BCUT2D eigenvalue weighted by Crippen LogP contribution is 2.28. The lowest BCUT2D eigenvalue weighted by Crippen LogP contribution is -2.46. The van der Waals surface area contributed by atoms with Crippen LogP contribution in [0, 0.1) is 0 Å². The first kappa shape index (κ1) is 14.6. The number of rotatable bonds is 4. The summed E-state index contributed by atoms with van der Waals surface area (Å²) in [5.41, 5.74) is 3.97. The van der Waals surface area contributed by atoms with Crippen molar-refractivity contribution in [3.63, 3.8) is 0 Å². The number of hydrogen-bond donors (Lipinski definition) is 0. The third-order valence-electron chi connectivity index (χ3n) is 4.94. The lowest BCUT2D eigenvalue weighted by atomic mass is 10.2. The van der Waals surface area contributed by atoms with Gasteiger partial charge in [-0.3, -0.25) is 9.58 Å². The van der Waals surface area contributed by atoms with Crippen LogP contribution in [0.5, 0.6) is 0 Å². The van der Waals surface area contributed by atoms with Gasteiger partial charge in [-0.25, -0.2) is 9.97 Å². The van der Waals surface area contributed by atoms with Crippen molar-refractivity contribution in [3.05, 3.63) is 35.5 Å². The summed E-state index contributed by atoms with van der Waals surface area (Å²) in [4.78, 5) is 14.0. The van der Waals surface area contributed by atoms with Crippen molar-refractivity contribution in [1.82, 2.24) is 24.6 Å². The van der Waals surface area contributed by atoms with Crippen molar-refractivity contribution >= 4 is 5.82 Å². The van der Waals surface area contributed by atoms with E-state index in [-0.39, 0.29) is 0 Å². The molecule has 0 spiro atoms. The Morgan fingerprint density at radius 1 is 1.09 bits per heavy atom. The topological polar surface area (TPSA) is 50.1 Å². The van der Waals surface area contributed by atoms with E-state index in [1.807, 2.05) is 10.9 Å². The molecule has 2 aromatic rings. The van der Waals surface area contributed by atoms with Crippen molar-refractivity contribution in [2.45, 2.75) is 39.3 Å². The number of nitrogens with zero attached hydrogens (tertiary/aromatic N) is 6. The van der Waals surface area contributed by atoms with Gasteiger partial charge in [-0.1, -0.05) is 0 Å². The van der Waals surface area contributed by atoms with Crippen LogP contribution < -0.4 is 4.90 Å². The van der Waals surface area contributed by atoms with E-state index in [4.69, 9.17) is 0 Å². The van der Waals surface area contributed by atoms with Crippen molar-refractivity contribution in [2.75, 3.05) is 31.1 Å². The zero-order valence-electron chi connectivity index (χ0n) is 13.8. The summed E-state index contributed by atoms with van der Waals surface area (Å²) in [5.74, 6) is 1.19. The maximum Gasteiger partial charge on any atom is 0.135 e. The van der Waals surface area contributed by atoms with Crippen LogP contribution >= 0.6 is 0 Å². The smallest absolute Gasteiger partial charge is 0.135 e. The summed E-state index contributed by atoms with van der Waals surface area (Å²) in [6, 6.07) is 0. The summed E-state index contributed by atoms with van der Waals surface area (Å²) in [5, 5.41) is 4.36. The average molecular weight is 312 g/mol. The van der Waals surface area contributed by atoms with Crippen molar-refractivity contribution in [3.8, 4) is 0 Å². The molecule has 0 amide bonds. The summed E-state index contributed by atoms with van der Waals surface area (Å²) >= 11 is 0. The molecule has 0 radical (unpaired) electrons. The Bertz CT molecular complexity index is 671. The number of hydrogen-bond acceptors (Lipinski definition) is 5. The molecule has 122 valence electrons.